The van der Waals surface area contributed by atoms with Crippen molar-refractivity contribution in [2.75, 3.05) is 31.1 Å². The fraction of sp³-hybridized carbons (Fsp3) is 0.444. The number of halogens is 2. The molecular formula is C18H23Cl2N5O. The van der Waals surface area contributed by atoms with Gasteiger partial charge in [0.2, 0.25) is 5.95 Å². The summed E-state index contributed by atoms with van der Waals surface area (Å²) in [4.78, 5) is 10.7. The Labute approximate surface area is 163 Å². The van der Waals surface area contributed by atoms with Crippen molar-refractivity contribution in [2.45, 2.75) is 32.3 Å². The van der Waals surface area contributed by atoms with Gasteiger partial charge < -0.3 is 21.1 Å². The van der Waals surface area contributed by atoms with Crippen molar-refractivity contribution in [1.82, 2.24) is 14.9 Å². The maximum atomic E-state index is 6.04. The molecule has 0 saturated carbocycles. The lowest BCUT2D eigenvalue weighted by atomic mass is 10.1. The topological polar surface area (TPSA) is 90.3 Å². The standard InChI is InChI=1S/C18H23Cl2N5O/c1-11-14(17(21)24-18(22)23-11)6-9-25-7-4-12(5-8-25)26-13-2-3-15(19)16(20)10-13/h2-3,10,12H,4-9H2,1H3,(H4,21,22,23,24). The number of piperidine rings is 1. The lowest BCUT2D eigenvalue weighted by Gasteiger charge is -2.32. The second-order valence-electron chi connectivity index (χ2n) is 6.52. The Morgan fingerprint density at radius 2 is 1.88 bits per heavy atom. The maximum Gasteiger partial charge on any atom is 0.222 e. The quantitative estimate of drug-likeness (QED) is 0.806. The summed E-state index contributed by atoms with van der Waals surface area (Å²) in [5.74, 6) is 1.47. The molecule has 2 aromatic rings. The van der Waals surface area contributed by atoms with Crippen molar-refractivity contribution in [1.29, 1.82) is 0 Å². The highest BCUT2D eigenvalue weighted by molar-refractivity contribution is 6.42. The Morgan fingerprint density at radius 3 is 2.54 bits per heavy atom. The molecule has 6 nitrogen and oxygen atoms in total. The van der Waals surface area contributed by atoms with Gasteiger partial charge in [-0.05, 0) is 38.3 Å². The van der Waals surface area contributed by atoms with Crippen molar-refractivity contribution < 1.29 is 4.74 Å². The molecule has 0 bridgehead atoms. The molecule has 1 aromatic heterocycles. The van der Waals surface area contributed by atoms with Gasteiger partial charge in [-0.1, -0.05) is 23.2 Å². The van der Waals surface area contributed by atoms with E-state index in [9.17, 15) is 0 Å². The highest BCUT2D eigenvalue weighted by Gasteiger charge is 2.21. The van der Waals surface area contributed by atoms with E-state index in [1.54, 1.807) is 12.1 Å². The molecule has 140 valence electrons. The van der Waals surface area contributed by atoms with Crippen LogP contribution in [-0.2, 0) is 6.42 Å². The minimum atomic E-state index is 0.190. The smallest absolute Gasteiger partial charge is 0.222 e. The second kappa shape index (κ2) is 8.29. The molecule has 0 unspecified atom stereocenters. The van der Waals surface area contributed by atoms with Crippen LogP contribution in [0.15, 0.2) is 18.2 Å². The van der Waals surface area contributed by atoms with Gasteiger partial charge in [-0.15, -0.1) is 0 Å². The molecule has 0 spiro atoms. The van der Waals surface area contributed by atoms with Crippen molar-refractivity contribution >= 4 is 35.0 Å². The molecule has 2 heterocycles. The van der Waals surface area contributed by atoms with Gasteiger partial charge in [0.1, 0.15) is 17.7 Å². The number of rotatable bonds is 5. The van der Waals surface area contributed by atoms with Crippen molar-refractivity contribution in [2.24, 2.45) is 0 Å². The average Bonchev–Trinajstić information content (AvgIpc) is 2.59. The molecule has 3 rings (SSSR count). The van der Waals surface area contributed by atoms with Gasteiger partial charge in [0.05, 0.1) is 10.0 Å². The fourth-order valence-corrected chi connectivity index (χ4v) is 3.50. The summed E-state index contributed by atoms with van der Waals surface area (Å²) < 4.78 is 6.03. The summed E-state index contributed by atoms with van der Waals surface area (Å²) in [6.45, 7) is 4.78. The summed E-state index contributed by atoms with van der Waals surface area (Å²) in [7, 11) is 0. The van der Waals surface area contributed by atoms with Crippen LogP contribution < -0.4 is 16.2 Å². The number of ether oxygens (including phenoxy) is 1. The van der Waals surface area contributed by atoms with Gasteiger partial charge in [-0.3, -0.25) is 0 Å². The third kappa shape index (κ3) is 4.69. The van der Waals surface area contributed by atoms with Gasteiger partial charge in [-0.25, -0.2) is 4.98 Å². The molecule has 1 fully saturated rings. The number of aryl methyl sites for hydroxylation is 1. The van der Waals surface area contributed by atoms with Crippen LogP contribution in [0, 0.1) is 6.92 Å². The van der Waals surface area contributed by atoms with Crippen LogP contribution in [0.1, 0.15) is 24.1 Å². The molecule has 4 N–H and O–H groups in total. The van der Waals surface area contributed by atoms with Gasteiger partial charge in [-0.2, -0.15) is 4.98 Å². The van der Waals surface area contributed by atoms with Crippen LogP contribution in [-0.4, -0.2) is 40.6 Å². The van der Waals surface area contributed by atoms with E-state index in [1.165, 1.54) is 0 Å². The minimum absolute atomic E-state index is 0.190. The first-order valence-electron chi connectivity index (χ1n) is 8.65. The Bertz CT molecular complexity index is 755. The minimum Gasteiger partial charge on any atom is -0.490 e. The lowest BCUT2D eigenvalue weighted by molar-refractivity contribution is 0.101. The van der Waals surface area contributed by atoms with Crippen LogP contribution >= 0.6 is 23.2 Å². The third-order valence-corrected chi connectivity index (χ3v) is 5.41. The van der Waals surface area contributed by atoms with E-state index < -0.39 is 0 Å². The van der Waals surface area contributed by atoms with Gasteiger partial charge in [0, 0.05) is 37.0 Å². The fourth-order valence-electron chi connectivity index (χ4n) is 3.21. The molecule has 1 aliphatic rings. The summed E-state index contributed by atoms with van der Waals surface area (Å²) >= 11 is 12.0. The number of hydrogen-bond acceptors (Lipinski definition) is 6. The molecule has 0 aliphatic carbocycles. The van der Waals surface area contributed by atoms with E-state index in [4.69, 9.17) is 39.4 Å². The monoisotopic (exact) mass is 395 g/mol. The third-order valence-electron chi connectivity index (χ3n) is 4.67. The lowest BCUT2D eigenvalue weighted by Crippen LogP contribution is -2.39. The first kappa shape index (κ1) is 19.0. The molecule has 0 radical (unpaired) electrons. The molecule has 1 aliphatic heterocycles. The Hall–Kier alpha value is -1.76. The number of anilines is 2. The normalized spacial score (nSPS) is 16.0. The summed E-state index contributed by atoms with van der Waals surface area (Å²) in [6.07, 6.45) is 2.94. The predicted octanol–water partition coefficient (Wildman–Crippen LogP) is 3.34. The second-order valence-corrected chi connectivity index (χ2v) is 7.33. The molecule has 26 heavy (non-hydrogen) atoms. The zero-order valence-corrected chi connectivity index (χ0v) is 16.2. The van der Waals surface area contributed by atoms with Crippen molar-refractivity contribution in [3.05, 3.63) is 39.5 Å². The number of nitrogens with two attached hydrogens (primary N) is 2. The van der Waals surface area contributed by atoms with Gasteiger partial charge in [0.15, 0.2) is 0 Å². The van der Waals surface area contributed by atoms with E-state index >= 15 is 0 Å². The Balaban J connectivity index is 1.49. The van der Waals surface area contributed by atoms with E-state index in [2.05, 4.69) is 14.9 Å². The van der Waals surface area contributed by atoms with Crippen LogP contribution in [0.3, 0.4) is 0 Å². The van der Waals surface area contributed by atoms with Crippen molar-refractivity contribution in [3.8, 4) is 5.75 Å². The highest BCUT2D eigenvalue weighted by Crippen LogP contribution is 2.28. The zero-order chi connectivity index (χ0) is 18.7. The van der Waals surface area contributed by atoms with E-state index in [1.807, 2.05) is 13.0 Å². The number of nitrogen functional groups attached to an aromatic ring is 2. The zero-order valence-electron chi connectivity index (χ0n) is 14.7. The largest absolute Gasteiger partial charge is 0.490 e. The number of likely N-dealkylation sites (tertiary alicyclic amines) is 1. The number of hydrogen-bond donors (Lipinski definition) is 2. The van der Waals surface area contributed by atoms with Crippen molar-refractivity contribution in [3.63, 3.8) is 0 Å². The predicted molar refractivity (Wildman–Crippen MR) is 106 cm³/mol. The molecular weight excluding hydrogens is 373 g/mol. The molecule has 1 saturated heterocycles. The SMILES string of the molecule is Cc1nc(N)nc(N)c1CCN1CCC(Oc2ccc(Cl)c(Cl)c2)CC1. The van der Waals surface area contributed by atoms with Crippen LogP contribution in [0.25, 0.3) is 0 Å². The first-order chi connectivity index (χ1) is 12.4. The number of nitrogens with zero attached hydrogens (tertiary/aromatic N) is 3. The van der Waals surface area contributed by atoms with E-state index in [-0.39, 0.29) is 12.1 Å². The van der Waals surface area contributed by atoms with E-state index in [0.717, 1.165) is 55.9 Å². The van der Waals surface area contributed by atoms with Crippen LogP contribution in [0.2, 0.25) is 10.0 Å². The molecule has 1 aromatic carbocycles. The summed E-state index contributed by atoms with van der Waals surface area (Å²) in [6, 6.07) is 5.38. The Kier molecular flexibility index (Phi) is 6.06. The number of benzene rings is 1. The molecule has 0 atom stereocenters. The first-order valence-corrected chi connectivity index (χ1v) is 9.40. The Morgan fingerprint density at radius 1 is 1.15 bits per heavy atom. The summed E-state index contributed by atoms with van der Waals surface area (Å²) in [5.41, 5.74) is 13.4. The average molecular weight is 396 g/mol. The molecule has 0 amide bonds. The van der Waals surface area contributed by atoms with Gasteiger partial charge >= 0.3 is 0 Å². The van der Waals surface area contributed by atoms with Crippen LogP contribution in [0.5, 0.6) is 5.75 Å². The van der Waals surface area contributed by atoms with Gasteiger partial charge in [0.25, 0.3) is 0 Å². The summed E-state index contributed by atoms with van der Waals surface area (Å²) in [5, 5.41) is 1.05. The maximum absolute atomic E-state index is 6.04. The highest BCUT2D eigenvalue weighted by atomic mass is 35.5. The van der Waals surface area contributed by atoms with E-state index in [0.29, 0.717) is 15.9 Å². The molecule has 8 heteroatoms. The van der Waals surface area contributed by atoms with Crippen LogP contribution in [0.4, 0.5) is 11.8 Å². The number of aromatic nitrogens is 2.